The summed E-state index contributed by atoms with van der Waals surface area (Å²) in [4.78, 5) is 24.5. The lowest BCUT2D eigenvalue weighted by atomic mass is 9.92. The maximum absolute atomic E-state index is 12.6. The highest BCUT2D eigenvalue weighted by Crippen LogP contribution is 2.37. The highest BCUT2D eigenvalue weighted by molar-refractivity contribution is 5.73. The van der Waals surface area contributed by atoms with Crippen molar-refractivity contribution < 1.29 is 67.5 Å². The molecule has 2 saturated heterocycles. The first-order chi connectivity index (χ1) is 20.2. The maximum atomic E-state index is 12.6. The molecule has 2 aliphatic heterocycles. The van der Waals surface area contributed by atoms with E-state index in [1.54, 1.807) is 20.8 Å². The van der Waals surface area contributed by atoms with Crippen molar-refractivity contribution >= 4 is 11.9 Å². The first-order valence-electron chi connectivity index (χ1n) is 13.9. The summed E-state index contributed by atoms with van der Waals surface area (Å²) < 4.78 is 51.8. The molecule has 2 fully saturated rings. The van der Waals surface area contributed by atoms with E-state index < -0.39 is 85.1 Å². The van der Waals surface area contributed by atoms with E-state index in [1.165, 1.54) is 28.3 Å². The van der Waals surface area contributed by atoms with Gasteiger partial charge in [-0.15, -0.1) is 0 Å². The fraction of sp³-hybridized carbons (Fsp3) is 0.724. The number of aliphatic carboxylic acids is 1. The first kappa shape index (κ1) is 35.2. The smallest absolute Gasteiger partial charge is 0.335 e. The van der Waals surface area contributed by atoms with Crippen molar-refractivity contribution in [3.63, 3.8) is 0 Å². The number of hydrogen-bond acceptors (Lipinski definition) is 13. The lowest BCUT2D eigenvalue weighted by Crippen LogP contribution is -2.69. The Hall–Kier alpha value is -2.24. The molecule has 14 heteroatoms. The maximum Gasteiger partial charge on any atom is 0.335 e. The second-order valence-electron chi connectivity index (χ2n) is 11.5. The van der Waals surface area contributed by atoms with Crippen LogP contribution in [-0.4, -0.2) is 128 Å². The van der Waals surface area contributed by atoms with Gasteiger partial charge >= 0.3 is 11.9 Å². The second-order valence-corrected chi connectivity index (χ2v) is 11.5. The predicted molar refractivity (Wildman–Crippen MR) is 147 cm³/mol. The number of rotatable bonds is 13. The number of carboxylic acids is 1. The summed E-state index contributed by atoms with van der Waals surface area (Å²) in [7, 11) is 4.05. The van der Waals surface area contributed by atoms with Crippen LogP contribution in [0.2, 0.25) is 0 Å². The Balaban J connectivity index is 1.99. The summed E-state index contributed by atoms with van der Waals surface area (Å²) in [5.74, 6) is -4.13. The summed E-state index contributed by atoms with van der Waals surface area (Å²) in [6.45, 7) is 5.89. The van der Waals surface area contributed by atoms with Gasteiger partial charge in [-0.05, 0) is 33.3 Å². The molecule has 1 aromatic rings. The lowest BCUT2D eigenvalue weighted by molar-refractivity contribution is -0.387. The van der Waals surface area contributed by atoms with Crippen LogP contribution in [0.3, 0.4) is 0 Å². The number of aliphatic hydroxyl groups excluding tert-OH is 1. The minimum Gasteiger partial charge on any atom is -0.479 e. The van der Waals surface area contributed by atoms with Gasteiger partial charge < -0.3 is 58.0 Å². The molecule has 10 atom stereocenters. The molecule has 0 saturated carbocycles. The van der Waals surface area contributed by atoms with Crippen molar-refractivity contribution in [2.75, 3.05) is 34.5 Å². The van der Waals surface area contributed by atoms with E-state index in [0.717, 1.165) is 5.56 Å². The molecule has 2 heterocycles. The van der Waals surface area contributed by atoms with Gasteiger partial charge in [0.1, 0.15) is 54.9 Å². The van der Waals surface area contributed by atoms with Crippen LogP contribution < -0.4 is 0 Å². The molecule has 0 bridgehead atoms. The zero-order chi connectivity index (χ0) is 31.9. The largest absolute Gasteiger partial charge is 0.479 e. The van der Waals surface area contributed by atoms with Crippen molar-refractivity contribution in [3.8, 4) is 0 Å². The molecular formula is C29H44O14. The van der Waals surface area contributed by atoms with Gasteiger partial charge in [0.05, 0.1) is 13.2 Å². The average Bonchev–Trinajstić information content (AvgIpc) is 2.92. The SMILES string of the molecule is COC[C@H]1O[C@@](C)(O)[C@H](OCC(=O)OC(C)(C)C)[C@@H](OCc2ccccc2)[C@@H]1O[C@@H]1O[C@@H](C(=O)O)[C@@H](O)[C@H](OC)[C@H]1OC. The Morgan fingerprint density at radius 1 is 0.977 bits per heavy atom. The molecule has 14 nitrogen and oxygen atoms in total. The summed E-state index contributed by atoms with van der Waals surface area (Å²) in [6, 6.07) is 9.19. The summed E-state index contributed by atoms with van der Waals surface area (Å²) in [5, 5.41) is 31.7. The lowest BCUT2D eigenvalue weighted by Gasteiger charge is -2.51. The minimum absolute atomic E-state index is 0.0455. The van der Waals surface area contributed by atoms with Gasteiger partial charge in [-0.2, -0.15) is 0 Å². The van der Waals surface area contributed by atoms with Crippen molar-refractivity contribution in [1.82, 2.24) is 0 Å². The molecular weight excluding hydrogens is 572 g/mol. The normalized spacial score (nSPS) is 35.0. The van der Waals surface area contributed by atoms with Crippen LogP contribution in [0.4, 0.5) is 0 Å². The van der Waals surface area contributed by atoms with E-state index in [4.69, 9.17) is 42.6 Å². The monoisotopic (exact) mass is 616 g/mol. The van der Waals surface area contributed by atoms with Gasteiger partial charge in [0.2, 0.25) is 0 Å². The topological polar surface area (TPSA) is 178 Å². The standard InChI is InChI=1S/C29H44O14/c1-28(2,3)43-18(30)15-39-25-23(38-13-16-11-9-8-10-12-16)20(17(14-35-5)42-29(25,4)34)40-27-24(37-7)21(36-6)19(31)22(41-27)26(32)33/h8-12,17,19-25,27,31,34H,13-15H2,1-7H3,(H,32,33)/t17-,19+,20-,21+,22-,23+,24-,25-,27-,29-/m1/s1. The number of carbonyl (C=O) groups excluding carboxylic acids is 1. The highest BCUT2D eigenvalue weighted by Gasteiger charge is 2.57. The summed E-state index contributed by atoms with van der Waals surface area (Å²) in [5.41, 5.74) is 0.0138. The van der Waals surface area contributed by atoms with Crippen LogP contribution in [0.1, 0.15) is 33.3 Å². The Kier molecular flexibility index (Phi) is 12.4. The van der Waals surface area contributed by atoms with Crippen LogP contribution in [0, 0.1) is 0 Å². The summed E-state index contributed by atoms with van der Waals surface area (Å²) >= 11 is 0. The number of hydrogen-bond donors (Lipinski definition) is 3. The summed E-state index contributed by atoms with van der Waals surface area (Å²) in [6.07, 6.45) is -11.5. The van der Waals surface area contributed by atoms with E-state index in [2.05, 4.69) is 0 Å². The molecule has 1 aromatic carbocycles. The number of ether oxygens (including phenoxy) is 9. The molecule has 0 spiro atoms. The second kappa shape index (κ2) is 15.2. The molecule has 3 N–H and O–H groups in total. The highest BCUT2D eigenvalue weighted by atomic mass is 16.8. The van der Waals surface area contributed by atoms with Gasteiger partial charge in [-0.3, -0.25) is 0 Å². The molecule has 43 heavy (non-hydrogen) atoms. The van der Waals surface area contributed by atoms with Crippen molar-refractivity contribution in [2.24, 2.45) is 0 Å². The molecule has 244 valence electrons. The quantitative estimate of drug-likeness (QED) is 0.263. The third-order valence-electron chi connectivity index (χ3n) is 6.92. The number of carboxylic acid groups (broad SMARTS) is 1. The van der Waals surface area contributed by atoms with Gasteiger partial charge in [-0.25, -0.2) is 9.59 Å². The Labute approximate surface area is 251 Å². The van der Waals surface area contributed by atoms with E-state index in [9.17, 15) is 24.9 Å². The molecule has 3 rings (SSSR count). The van der Waals surface area contributed by atoms with Crippen molar-refractivity contribution in [3.05, 3.63) is 35.9 Å². The molecule has 0 amide bonds. The van der Waals surface area contributed by atoms with Crippen LogP contribution in [-0.2, 0) is 58.8 Å². The molecule has 0 radical (unpaired) electrons. The average molecular weight is 617 g/mol. The van der Waals surface area contributed by atoms with Gasteiger partial charge in [0, 0.05) is 21.3 Å². The van der Waals surface area contributed by atoms with E-state index in [0.29, 0.717) is 0 Å². The van der Waals surface area contributed by atoms with E-state index >= 15 is 0 Å². The van der Waals surface area contributed by atoms with E-state index in [-0.39, 0.29) is 13.2 Å². The third kappa shape index (κ3) is 9.14. The van der Waals surface area contributed by atoms with Gasteiger partial charge in [-0.1, -0.05) is 30.3 Å². The van der Waals surface area contributed by atoms with E-state index in [1.807, 2.05) is 30.3 Å². The molecule has 2 aliphatic rings. The molecule has 0 aromatic heterocycles. The van der Waals surface area contributed by atoms with Crippen molar-refractivity contribution in [2.45, 2.75) is 101 Å². The van der Waals surface area contributed by atoms with Crippen LogP contribution >= 0.6 is 0 Å². The first-order valence-corrected chi connectivity index (χ1v) is 13.9. The van der Waals surface area contributed by atoms with Crippen molar-refractivity contribution in [1.29, 1.82) is 0 Å². The number of methoxy groups -OCH3 is 3. The fourth-order valence-electron chi connectivity index (χ4n) is 5.13. The Morgan fingerprint density at radius 2 is 1.63 bits per heavy atom. The van der Waals surface area contributed by atoms with Crippen LogP contribution in [0.5, 0.6) is 0 Å². The number of carbonyl (C=O) groups is 2. The van der Waals surface area contributed by atoms with Gasteiger partial charge in [0.25, 0.3) is 0 Å². The minimum atomic E-state index is -2.00. The Morgan fingerprint density at radius 3 is 2.19 bits per heavy atom. The number of benzene rings is 1. The zero-order valence-electron chi connectivity index (χ0n) is 25.5. The van der Waals surface area contributed by atoms with Crippen LogP contribution in [0.25, 0.3) is 0 Å². The number of esters is 1. The molecule has 0 unspecified atom stereocenters. The van der Waals surface area contributed by atoms with Crippen LogP contribution in [0.15, 0.2) is 30.3 Å². The number of aliphatic hydroxyl groups is 2. The third-order valence-corrected chi connectivity index (χ3v) is 6.92. The predicted octanol–water partition coefficient (Wildman–Crippen LogP) is 0.638. The fourth-order valence-corrected chi connectivity index (χ4v) is 5.13. The zero-order valence-corrected chi connectivity index (χ0v) is 25.5. The molecule has 0 aliphatic carbocycles. The Bertz CT molecular complexity index is 1030. The van der Waals surface area contributed by atoms with Gasteiger partial charge in [0.15, 0.2) is 18.2 Å².